The summed E-state index contributed by atoms with van der Waals surface area (Å²) in [5, 5.41) is 20.9. The molecule has 2 atom stereocenters. The zero-order valence-electron chi connectivity index (χ0n) is 37.5. The Morgan fingerprint density at radius 1 is 0.662 bits per heavy atom. The number of anilines is 2. The molecule has 4 N–H and O–H groups in total. The molecule has 68 heavy (non-hydrogen) atoms. The predicted octanol–water partition coefficient (Wildman–Crippen LogP) is 4.80. The van der Waals surface area contributed by atoms with Crippen molar-refractivity contribution in [2.45, 2.75) is 32.2 Å². The number of hydrogen-bond acceptors (Lipinski definition) is 17. The number of hydrogen-bond donors (Lipinski definition) is 4. The second-order valence-electron chi connectivity index (χ2n) is 15.8. The molecular weight excluding hydrogens is 905 g/mol. The third-order valence-corrected chi connectivity index (χ3v) is 10.7. The Labute approximate surface area is 392 Å². The molecule has 3 saturated heterocycles. The lowest BCUT2D eigenvalue weighted by atomic mass is 10.1. The summed E-state index contributed by atoms with van der Waals surface area (Å²) in [4.78, 5) is 67.6. The summed E-state index contributed by atoms with van der Waals surface area (Å²) in [6.07, 6.45) is -2.81. The van der Waals surface area contributed by atoms with Gasteiger partial charge >= 0.3 is 30.3 Å². The van der Waals surface area contributed by atoms with Crippen LogP contribution >= 0.6 is 0 Å². The molecule has 0 radical (unpaired) electrons. The van der Waals surface area contributed by atoms with Gasteiger partial charge in [-0.3, -0.25) is 50.0 Å². The van der Waals surface area contributed by atoms with Crippen molar-refractivity contribution in [3.63, 3.8) is 0 Å². The van der Waals surface area contributed by atoms with E-state index in [1.807, 2.05) is 19.9 Å². The number of piperazine rings is 1. The molecule has 3 fully saturated rings. The van der Waals surface area contributed by atoms with Crippen LogP contribution in [0.25, 0.3) is 0 Å². The van der Waals surface area contributed by atoms with Gasteiger partial charge in [0.15, 0.2) is 0 Å². The van der Waals surface area contributed by atoms with Gasteiger partial charge in [-0.2, -0.15) is 8.42 Å². The highest BCUT2D eigenvalue weighted by atomic mass is 32.2. The third kappa shape index (κ3) is 15.3. The molecule has 3 aliphatic heterocycles. The molecule has 0 bridgehead atoms. The maximum Gasteiger partial charge on any atom is 0.418 e. The van der Waals surface area contributed by atoms with Gasteiger partial charge in [-0.05, 0) is 86.6 Å². The van der Waals surface area contributed by atoms with Crippen LogP contribution in [0.1, 0.15) is 25.0 Å². The lowest BCUT2D eigenvalue weighted by Crippen LogP contribution is -2.50. The summed E-state index contributed by atoms with van der Waals surface area (Å²) >= 11 is 0. The Kier molecular flexibility index (Phi) is 17.2. The fraction of sp³-hybridized carbons (Fsp3) is 0.326. The van der Waals surface area contributed by atoms with Gasteiger partial charge in [0.25, 0.3) is 10.1 Å². The van der Waals surface area contributed by atoms with E-state index in [4.69, 9.17) is 34.5 Å². The molecule has 4 amide bonds. The highest BCUT2D eigenvalue weighted by Crippen LogP contribution is 2.25. The normalized spacial score (nSPS) is 17.3. The number of rotatable bonds is 14. The monoisotopic (exact) mass is 956 g/mol. The quantitative estimate of drug-likeness (QED) is 0.0435. The average Bonchev–Trinajstić information content (AvgIpc) is 3.87. The second kappa shape index (κ2) is 23.4. The van der Waals surface area contributed by atoms with Crippen LogP contribution in [-0.2, 0) is 33.3 Å². The van der Waals surface area contributed by atoms with Gasteiger partial charge in [-0.15, -0.1) is 0 Å². The molecule has 7 rings (SSSR count). The van der Waals surface area contributed by atoms with Crippen molar-refractivity contribution >= 4 is 63.5 Å². The van der Waals surface area contributed by atoms with Crippen LogP contribution < -0.4 is 29.9 Å². The molecule has 21 nitrogen and oxygen atoms in total. The zero-order chi connectivity index (χ0) is 48.8. The van der Waals surface area contributed by atoms with Gasteiger partial charge in [0.1, 0.15) is 42.0 Å². The van der Waals surface area contributed by atoms with Gasteiger partial charge in [-0.25, -0.2) is 19.2 Å². The summed E-state index contributed by atoms with van der Waals surface area (Å²) in [6, 6.07) is 30.0. The predicted molar refractivity (Wildman–Crippen MR) is 248 cm³/mol. The van der Waals surface area contributed by atoms with Crippen LogP contribution in [0.3, 0.4) is 0 Å². The van der Waals surface area contributed by atoms with E-state index >= 15 is 0 Å². The minimum atomic E-state index is -3.63. The molecule has 4 aromatic carbocycles. The van der Waals surface area contributed by atoms with Crippen LogP contribution in [0, 0.1) is 10.8 Å². The maximum absolute atomic E-state index is 12.5. The SMILES string of the molecule is CC(C)OC(=O)CN1CCN(CC2CN(c3ccc(C(=N)NC(=O)Oc4ccccc4)cc3)C(=O)O2)CC1.CS(=O)(=O)OCC1CN(c2ccc(C(=N)NC(=O)Oc3ccccc3)cc2)C(=O)O1. The number of esters is 1. The number of cyclic esters (lactones) is 2. The number of amidine groups is 2. The Morgan fingerprint density at radius 2 is 1.09 bits per heavy atom. The van der Waals surface area contributed by atoms with Crippen LogP contribution in [0.5, 0.6) is 11.5 Å². The fourth-order valence-corrected chi connectivity index (χ4v) is 7.35. The van der Waals surface area contributed by atoms with E-state index in [-0.39, 0.29) is 49.5 Å². The minimum Gasteiger partial charge on any atom is -0.462 e. The number of carbonyl (C=O) groups excluding carboxylic acids is 5. The van der Waals surface area contributed by atoms with E-state index in [2.05, 4.69) is 24.6 Å². The molecule has 0 saturated carbocycles. The zero-order valence-corrected chi connectivity index (χ0v) is 38.3. The summed E-state index contributed by atoms with van der Waals surface area (Å²) in [5.41, 5.74) is 2.01. The highest BCUT2D eigenvalue weighted by Gasteiger charge is 2.35. The van der Waals surface area contributed by atoms with E-state index in [9.17, 15) is 32.4 Å². The van der Waals surface area contributed by atoms with Crippen molar-refractivity contribution in [1.82, 2.24) is 20.4 Å². The van der Waals surface area contributed by atoms with E-state index < -0.39 is 40.6 Å². The molecule has 360 valence electrons. The molecule has 4 aromatic rings. The van der Waals surface area contributed by atoms with Crippen molar-refractivity contribution in [1.29, 1.82) is 10.8 Å². The molecule has 0 aliphatic carbocycles. The van der Waals surface area contributed by atoms with E-state index in [0.29, 0.717) is 47.1 Å². The van der Waals surface area contributed by atoms with E-state index in [0.717, 1.165) is 32.4 Å². The molecule has 3 aliphatic rings. The van der Waals surface area contributed by atoms with Crippen molar-refractivity contribution in [2.75, 3.05) is 75.0 Å². The van der Waals surface area contributed by atoms with Gasteiger partial charge in [0.05, 0.1) is 32.0 Å². The Morgan fingerprint density at radius 3 is 1.53 bits per heavy atom. The van der Waals surface area contributed by atoms with Crippen molar-refractivity contribution in [3.8, 4) is 11.5 Å². The average molecular weight is 957 g/mol. The topological polar surface area (TPSA) is 260 Å². The van der Waals surface area contributed by atoms with Gasteiger partial charge in [-0.1, -0.05) is 36.4 Å². The number of amides is 4. The number of nitrogens with zero attached hydrogens (tertiary/aromatic N) is 4. The highest BCUT2D eigenvalue weighted by molar-refractivity contribution is 7.86. The standard InChI is InChI=1S/C27H33N5O6.C19H19N3O7S/c1-19(2)36-24(33)18-31-14-12-30(13-15-31)16-23-17-32(27(35)38-23)21-10-8-20(9-11-21)25(28)29-26(34)37-22-6-4-3-5-7-22;1-30(25,26)27-12-16-11-22(19(24)29-16)14-9-7-13(8-10-14)17(20)21-18(23)28-15-5-3-2-4-6-15/h3-11,19,23H,12-18H2,1-2H3,(H2,28,29,34);2-10,16H,11-12H2,1H3,(H2,20,21,23). The van der Waals surface area contributed by atoms with Crippen LogP contribution in [0.2, 0.25) is 0 Å². The molecule has 3 heterocycles. The number of para-hydroxylation sites is 2. The first-order valence-electron chi connectivity index (χ1n) is 21.4. The molecular formula is C46H52N8O13S. The first kappa shape index (κ1) is 50.0. The van der Waals surface area contributed by atoms with Crippen molar-refractivity contribution in [2.24, 2.45) is 0 Å². The summed E-state index contributed by atoms with van der Waals surface area (Å²) in [7, 11) is -3.63. The van der Waals surface area contributed by atoms with Crippen molar-refractivity contribution < 1.29 is 60.3 Å². The largest absolute Gasteiger partial charge is 0.462 e. The molecule has 22 heteroatoms. The Bertz CT molecular complexity index is 2530. The number of benzene rings is 4. The van der Waals surface area contributed by atoms with Gasteiger partial charge in [0, 0.05) is 55.2 Å². The van der Waals surface area contributed by atoms with Crippen molar-refractivity contribution in [3.05, 3.63) is 120 Å². The molecule has 0 aromatic heterocycles. The third-order valence-electron chi connectivity index (χ3n) is 10.2. The van der Waals surface area contributed by atoms with Crippen LogP contribution in [0.4, 0.5) is 30.6 Å². The minimum absolute atomic E-state index is 0.115. The van der Waals surface area contributed by atoms with E-state index in [1.54, 1.807) is 108 Å². The fourth-order valence-electron chi connectivity index (χ4n) is 6.95. The lowest BCUT2D eigenvalue weighted by Gasteiger charge is -2.34. The summed E-state index contributed by atoms with van der Waals surface area (Å²) < 4.78 is 52.9. The Hall–Kier alpha value is -7.40. The van der Waals surface area contributed by atoms with Gasteiger partial charge < -0.3 is 23.7 Å². The summed E-state index contributed by atoms with van der Waals surface area (Å²) in [5.74, 6) is 0.225. The van der Waals surface area contributed by atoms with Crippen LogP contribution in [0.15, 0.2) is 109 Å². The smallest absolute Gasteiger partial charge is 0.418 e. The number of nitrogens with one attached hydrogen (secondary N) is 4. The number of carbonyl (C=O) groups is 5. The lowest BCUT2D eigenvalue weighted by molar-refractivity contribution is -0.149. The Balaban J connectivity index is 0.000000230. The first-order valence-corrected chi connectivity index (χ1v) is 23.2. The molecule has 0 spiro atoms. The second-order valence-corrected chi connectivity index (χ2v) is 17.5. The maximum atomic E-state index is 12.5. The van der Waals surface area contributed by atoms with Crippen LogP contribution in [-0.4, -0.2) is 144 Å². The number of ether oxygens (including phenoxy) is 5. The summed E-state index contributed by atoms with van der Waals surface area (Å²) in [6.45, 7) is 7.89. The molecule has 2 unspecified atom stereocenters. The first-order chi connectivity index (χ1) is 32.5. The van der Waals surface area contributed by atoms with E-state index in [1.165, 1.54) is 4.90 Å². The van der Waals surface area contributed by atoms with Gasteiger partial charge in [0.2, 0.25) is 0 Å².